The van der Waals surface area contributed by atoms with Crippen LogP contribution in [0.3, 0.4) is 0 Å². The fourth-order valence-electron chi connectivity index (χ4n) is 2.62. The molecule has 0 amide bonds. The highest BCUT2D eigenvalue weighted by Crippen LogP contribution is 2.35. The van der Waals surface area contributed by atoms with Gasteiger partial charge in [0.25, 0.3) is 0 Å². The van der Waals surface area contributed by atoms with E-state index in [4.69, 9.17) is 5.26 Å². The SMILES string of the molecule is CC1(C)CCC(NCc2cccc(C#N)c2)CC1. The lowest BCUT2D eigenvalue weighted by Crippen LogP contribution is -2.35. The molecule has 18 heavy (non-hydrogen) atoms. The molecule has 1 aliphatic rings. The zero-order valence-electron chi connectivity index (χ0n) is 11.4. The van der Waals surface area contributed by atoms with Gasteiger partial charge in [0, 0.05) is 12.6 Å². The number of benzene rings is 1. The van der Waals surface area contributed by atoms with Gasteiger partial charge in [-0.2, -0.15) is 5.26 Å². The molecular formula is C16H22N2. The minimum absolute atomic E-state index is 0.527. The molecule has 1 fully saturated rings. The number of hydrogen-bond acceptors (Lipinski definition) is 2. The molecular weight excluding hydrogens is 220 g/mol. The molecule has 0 heterocycles. The van der Waals surface area contributed by atoms with Gasteiger partial charge in [-0.15, -0.1) is 0 Å². The third kappa shape index (κ3) is 3.58. The third-order valence-corrected chi connectivity index (χ3v) is 3.99. The van der Waals surface area contributed by atoms with E-state index in [1.165, 1.54) is 31.2 Å². The Morgan fingerprint density at radius 3 is 2.72 bits per heavy atom. The van der Waals surface area contributed by atoms with Gasteiger partial charge in [0.15, 0.2) is 0 Å². The van der Waals surface area contributed by atoms with Crippen molar-refractivity contribution in [2.75, 3.05) is 0 Å². The third-order valence-electron chi connectivity index (χ3n) is 3.99. The van der Waals surface area contributed by atoms with E-state index < -0.39 is 0 Å². The smallest absolute Gasteiger partial charge is 0.0991 e. The fraction of sp³-hybridized carbons (Fsp3) is 0.562. The first-order valence-electron chi connectivity index (χ1n) is 6.81. The molecule has 2 rings (SSSR count). The summed E-state index contributed by atoms with van der Waals surface area (Å²) >= 11 is 0. The maximum Gasteiger partial charge on any atom is 0.0991 e. The Balaban J connectivity index is 1.83. The maximum absolute atomic E-state index is 8.87. The molecule has 1 N–H and O–H groups in total. The molecule has 0 saturated heterocycles. The molecule has 2 nitrogen and oxygen atoms in total. The quantitative estimate of drug-likeness (QED) is 0.878. The molecule has 0 atom stereocenters. The summed E-state index contributed by atoms with van der Waals surface area (Å²) in [6.45, 7) is 5.60. The van der Waals surface area contributed by atoms with Gasteiger partial charge in [0.2, 0.25) is 0 Å². The highest BCUT2D eigenvalue weighted by atomic mass is 14.9. The molecule has 0 aliphatic heterocycles. The Labute approximate surface area is 110 Å². The van der Waals surface area contributed by atoms with Crippen LogP contribution in [0.4, 0.5) is 0 Å². The normalized spacial score (nSPS) is 19.4. The highest BCUT2D eigenvalue weighted by molar-refractivity contribution is 5.32. The maximum atomic E-state index is 8.87. The van der Waals surface area contributed by atoms with Crippen molar-refractivity contribution in [3.63, 3.8) is 0 Å². The molecule has 0 bridgehead atoms. The Kier molecular flexibility index (Phi) is 4.04. The second-order valence-corrected chi connectivity index (χ2v) is 6.13. The second kappa shape index (κ2) is 5.54. The summed E-state index contributed by atoms with van der Waals surface area (Å²) in [5.74, 6) is 0. The summed E-state index contributed by atoms with van der Waals surface area (Å²) in [5.41, 5.74) is 2.48. The van der Waals surface area contributed by atoms with Crippen molar-refractivity contribution in [1.82, 2.24) is 5.32 Å². The first-order valence-corrected chi connectivity index (χ1v) is 6.81. The van der Waals surface area contributed by atoms with Gasteiger partial charge in [-0.1, -0.05) is 26.0 Å². The minimum Gasteiger partial charge on any atom is -0.310 e. The van der Waals surface area contributed by atoms with Crippen molar-refractivity contribution in [2.45, 2.75) is 52.1 Å². The molecule has 1 aliphatic carbocycles. The van der Waals surface area contributed by atoms with Crippen LogP contribution in [-0.2, 0) is 6.54 Å². The standard InChI is InChI=1S/C16H22N2/c1-16(2)8-6-15(7-9-16)18-12-14-5-3-4-13(10-14)11-17/h3-5,10,15,18H,6-9,12H2,1-2H3. The van der Waals surface area contributed by atoms with Crippen LogP contribution in [0.5, 0.6) is 0 Å². The second-order valence-electron chi connectivity index (χ2n) is 6.13. The van der Waals surface area contributed by atoms with Gasteiger partial charge in [0.05, 0.1) is 11.6 Å². The molecule has 96 valence electrons. The lowest BCUT2D eigenvalue weighted by molar-refractivity contribution is 0.206. The van der Waals surface area contributed by atoms with Crippen molar-refractivity contribution in [1.29, 1.82) is 5.26 Å². The molecule has 1 saturated carbocycles. The van der Waals surface area contributed by atoms with E-state index >= 15 is 0 Å². The van der Waals surface area contributed by atoms with Crippen molar-refractivity contribution in [3.8, 4) is 6.07 Å². The molecule has 1 aromatic carbocycles. The number of nitrogens with one attached hydrogen (secondary N) is 1. The number of rotatable bonds is 3. The number of nitrogens with zero attached hydrogens (tertiary/aromatic N) is 1. The van der Waals surface area contributed by atoms with Gasteiger partial charge in [-0.05, 0) is 48.8 Å². The van der Waals surface area contributed by atoms with Crippen LogP contribution >= 0.6 is 0 Å². The monoisotopic (exact) mass is 242 g/mol. The lowest BCUT2D eigenvalue weighted by Gasteiger charge is -2.34. The number of hydrogen-bond donors (Lipinski definition) is 1. The van der Waals surface area contributed by atoms with Crippen LogP contribution in [0.25, 0.3) is 0 Å². The highest BCUT2D eigenvalue weighted by Gasteiger charge is 2.26. The summed E-state index contributed by atoms with van der Waals surface area (Å²) in [5, 5.41) is 12.5. The van der Waals surface area contributed by atoms with E-state index in [9.17, 15) is 0 Å². The van der Waals surface area contributed by atoms with Crippen molar-refractivity contribution in [3.05, 3.63) is 35.4 Å². The van der Waals surface area contributed by atoms with Gasteiger partial charge in [-0.25, -0.2) is 0 Å². The Bertz CT molecular complexity index is 433. The van der Waals surface area contributed by atoms with Crippen LogP contribution in [0.15, 0.2) is 24.3 Å². The summed E-state index contributed by atoms with van der Waals surface area (Å²) in [4.78, 5) is 0. The topological polar surface area (TPSA) is 35.8 Å². The van der Waals surface area contributed by atoms with E-state index in [-0.39, 0.29) is 0 Å². The van der Waals surface area contributed by atoms with Crippen LogP contribution in [0, 0.1) is 16.7 Å². The van der Waals surface area contributed by atoms with E-state index in [2.05, 4.69) is 31.3 Å². The number of nitriles is 1. The average molecular weight is 242 g/mol. The zero-order chi connectivity index (χ0) is 13.0. The van der Waals surface area contributed by atoms with E-state index in [1.807, 2.05) is 18.2 Å². The van der Waals surface area contributed by atoms with Crippen molar-refractivity contribution in [2.24, 2.45) is 5.41 Å². The van der Waals surface area contributed by atoms with E-state index in [0.717, 1.165) is 12.1 Å². The largest absolute Gasteiger partial charge is 0.310 e. The van der Waals surface area contributed by atoms with Crippen LogP contribution in [-0.4, -0.2) is 6.04 Å². The summed E-state index contributed by atoms with van der Waals surface area (Å²) in [6, 6.07) is 10.7. The molecule has 2 heteroatoms. The molecule has 0 radical (unpaired) electrons. The van der Waals surface area contributed by atoms with Gasteiger partial charge >= 0.3 is 0 Å². The predicted octanol–water partition coefficient (Wildman–Crippen LogP) is 3.62. The first kappa shape index (κ1) is 13.1. The lowest BCUT2D eigenvalue weighted by atomic mass is 9.75. The first-order chi connectivity index (χ1) is 8.59. The molecule has 1 aromatic rings. The van der Waals surface area contributed by atoms with E-state index in [1.54, 1.807) is 0 Å². The predicted molar refractivity (Wildman–Crippen MR) is 74.0 cm³/mol. The Morgan fingerprint density at radius 2 is 2.06 bits per heavy atom. The van der Waals surface area contributed by atoms with Crippen molar-refractivity contribution >= 4 is 0 Å². The van der Waals surface area contributed by atoms with Gasteiger partial charge in [0.1, 0.15) is 0 Å². The summed E-state index contributed by atoms with van der Waals surface area (Å²) in [7, 11) is 0. The van der Waals surface area contributed by atoms with Gasteiger partial charge in [-0.3, -0.25) is 0 Å². The summed E-state index contributed by atoms with van der Waals surface area (Å²) < 4.78 is 0. The summed E-state index contributed by atoms with van der Waals surface area (Å²) in [6.07, 6.45) is 5.15. The Morgan fingerprint density at radius 1 is 1.33 bits per heavy atom. The molecule has 0 spiro atoms. The van der Waals surface area contributed by atoms with Crippen LogP contribution < -0.4 is 5.32 Å². The van der Waals surface area contributed by atoms with Gasteiger partial charge < -0.3 is 5.32 Å². The fourth-order valence-corrected chi connectivity index (χ4v) is 2.62. The van der Waals surface area contributed by atoms with Crippen molar-refractivity contribution < 1.29 is 0 Å². The zero-order valence-corrected chi connectivity index (χ0v) is 11.4. The van der Waals surface area contributed by atoms with Crippen LogP contribution in [0.2, 0.25) is 0 Å². The minimum atomic E-state index is 0.527. The average Bonchev–Trinajstić information content (AvgIpc) is 2.38. The molecule has 0 unspecified atom stereocenters. The Hall–Kier alpha value is -1.33. The molecule has 0 aromatic heterocycles. The van der Waals surface area contributed by atoms with E-state index in [0.29, 0.717) is 11.5 Å². The van der Waals surface area contributed by atoms with Crippen LogP contribution in [0.1, 0.15) is 50.7 Å².